The van der Waals surface area contributed by atoms with E-state index in [-0.39, 0.29) is 24.5 Å². The number of benzene rings is 2. The van der Waals surface area contributed by atoms with Crippen LogP contribution in [0.25, 0.3) is 11.1 Å². The Morgan fingerprint density at radius 2 is 1.70 bits per heavy atom. The Morgan fingerprint density at radius 3 is 2.30 bits per heavy atom. The van der Waals surface area contributed by atoms with E-state index in [1.54, 1.807) is 51.5 Å². The number of ketones is 1. The smallest absolute Gasteiger partial charge is 0.356 e. The van der Waals surface area contributed by atoms with Crippen LogP contribution in [0.2, 0.25) is 0 Å². The highest BCUT2D eigenvalue weighted by Gasteiger charge is 2.14. The minimum Gasteiger partial charge on any atom is -0.497 e. The normalized spacial score (nSPS) is 10.3. The van der Waals surface area contributed by atoms with Gasteiger partial charge >= 0.3 is 5.97 Å². The van der Waals surface area contributed by atoms with E-state index in [0.29, 0.717) is 22.7 Å². The molecule has 0 saturated heterocycles. The summed E-state index contributed by atoms with van der Waals surface area (Å²) < 4.78 is 15.5. The average molecular weight is 448 g/mol. The molecule has 3 aromatic rings. The molecule has 0 atom stereocenters. The Bertz CT molecular complexity index is 1140. The molecule has 0 fully saturated rings. The number of methoxy groups -OCH3 is 2. The Labute approximate surface area is 191 Å². The van der Waals surface area contributed by atoms with Gasteiger partial charge in [-0.3, -0.25) is 9.59 Å². The van der Waals surface area contributed by atoms with Gasteiger partial charge in [-0.1, -0.05) is 24.3 Å². The van der Waals surface area contributed by atoms with Gasteiger partial charge in [0.2, 0.25) is 5.91 Å². The maximum Gasteiger partial charge on any atom is 0.356 e. The number of aromatic nitrogens is 1. The minimum absolute atomic E-state index is 0.138. The van der Waals surface area contributed by atoms with E-state index >= 15 is 0 Å². The molecule has 0 spiro atoms. The SMILES string of the molecule is CCOC(=O)c1ccc(NC(=O)CC(=O)c2ccc(-c3ccc(OC)cc3OC)cc2)cn1. The first-order valence-corrected chi connectivity index (χ1v) is 10.2. The molecule has 170 valence electrons. The molecule has 33 heavy (non-hydrogen) atoms. The van der Waals surface area contributed by atoms with Gasteiger partial charge in [-0.25, -0.2) is 9.78 Å². The second-order valence-corrected chi connectivity index (χ2v) is 6.94. The van der Waals surface area contributed by atoms with Crippen LogP contribution >= 0.6 is 0 Å². The molecular weight excluding hydrogens is 424 g/mol. The predicted molar refractivity (Wildman–Crippen MR) is 123 cm³/mol. The van der Waals surface area contributed by atoms with E-state index in [9.17, 15) is 14.4 Å². The van der Waals surface area contributed by atoms with Crippen molar-refractivity contribution in [2.75, 3.05) is 26.1 Å². The van der Waals surface area contributed by atoms with Crippen molar-refractivity contribution < 1.29 is 28.6 Å². The summed E-state index contributed by atoms with van der Waals surface area (Å²) in [6, 6.07) is 15.4. The van der Waals surface area contributed by atoms with Crippen LogP contribution in [-0.2, 0) is 9.53 Å². The number of hydrogen-bond acceptors (Lipinski definition) is 7. The van der Waals surface area contributed by atoms with Crippen molar-refractivity contribution in [3.8, 4) is 22.6 Å². The average Bonchev–Trinajstić information content (AvgIpc) is 2.84. The first-order chi connectivity index (χ1) is 15.9. The number of amides is 1. The molecule has 0 aliphatic carbocycles. The van der Waals surface area contributed by atoms with Crippen LogP contribution < -0.4 is 14.8 Å². The predicted octanol–water partition coefficient (Wildman–Crippen LogP) is 4.15. The van der Waals surface area contributed by atoms with Crippen LogP contribution in [0.5, 0.6) is 11.5 Å². The van der Waals surface area contributed by atoms with Crippen molar-refractivity contribution in [1.29, 1.82) is 0 Å². The summed E-state index contributed by atoms with van der Waals surface area (Å²) in [4.78, 5) is 40.4. The number of ether oxygens (including phenoxy) is 3. The molecule has 0 aliphatic rings. The van der Waals surface area contributed by atoms with Gasteiger partial charge in [0, 0.05) is 17.2 Å². The zero-order chi connectivity index (χ0) is 23.8. The second-order valence-electron chi connectivity index (χ2n) is 6.94. The highest BCUT2D eigenvalue weighted by molar-refractivity contribution is 6.11. The van der Waals surface area contributed by atoms with Crippen LogP contribution in [0.3, 0.4) is 0 Å². The molecular formula is C25H24N2O6. The Balaban J connectivity index is 1.63. The zero-order valence-corrected chi connectivity index (χ0v) is 18.6. The summed E-state index contributed by atoms with van der Waals surface area (Å²) in [5.74, 6) is -0.0146. The fraction of sp³-hybridized carbons (Fsp3) is 0.200. The van der Waals surface area contributed by atoms with Gasteiger partial charge in [0.05, 0.1) is 39.1 Å². The number of anilines is 1. The fourth-order valence-corrected chi connectivity index (χ4v) is 3.12. The molecule has 3 rings (SSSR count). The molecule has 2 aromatic carbocycles. The first-order valence-electron chi connectivity index (χ1n) is 10.2. The topological polar surface area (TPSA) is 104 Å². The number of nitrogens with zero attached hydrogens (tertiary/aromatic N) is 1. The number of Topliss-reactive ketones (excluding diaryl/α,β-unsaturated/α-hetero) is 1. The molecule has 1 heterocycles. The van der Waals surface area contributed by atoms with E-state index in [0.717, 1.165) is 11.1 Å². The van der Waals surface area contributed by atoms with Crippen molar-refractivity contribution in [1.82, 2.24) is 4.98 Å². The van der Waals surface area contributed by atoms with Gasteiger partial charge in [-0.05, 0) is 36.8 Å². The summed E-state index contributed by atoms with van der Waals surface area (Å²) in [6.45, 7) is 1.95. The van der Waals surface area contributed by atoms with E-state index in [2.05, 4.69) is 10.3 Å². The number of rotatable bonds is 9. The van der Waals surface area contributed by atoms with Gasteiger partial charge in [0.25, 0.3) is 0 Å². The van der Waals surface area contributed by atoms with Crippen molar-refractivity contribution in [3.05, 3.63) is 72.1 Å². The number of pyridine rings is 1. The van der Waals surface area contributed by atoms with Crippen molar-refractivity contribution in [3.63, 3.8) is 0 Å². The fourth-order valence-electron chi connectivity index (χ4n) is 3.12. The van der Waals surface area contributed by atoms with E-state index < -0.39 is 11.9 Å². The molecule has 1 amide bonds. The standard InChI is InChI=1S/C25H24N2O6/c1-4-33-25(30)21-12-9-18(15-26-21)27-24(29)14-22(28)17-7-5-16(6-8-17)20-11-10-19(31-2)13-23(20)32-3/h5-13,15H,4,14H2,1-3H3,(H,27,29). The third kappa shape index (κ3) is 5.94. The lowest BCUT2D eigenvalue weighted by Crippen LogP contribution is -2.17. The van der Waals surface area contributed by atoms with E-state index in [1.165, 1.54) is 18.3 Å². The van der Waals surface area contributed by atoms with E-state index in [4.69, 9.17) is 14.2 Å². The summed E-state index contributed by atoms with van der Waals surface area (Å²) in [5.41, 5.74) is 2.65. The number of nitrogens with one attached hydrogen (secondary N) is 1. The molecule has 0 aliphatic heterocycles. The van der Waals surface area contributed by atoms with Crippen LogP contribution in [0.15, 0.2) is 60.8 Å². The summed E-state index contributed by atoms with van der Waals surface area (Å²) >= 11 is 0. The summed E-state index contributed by atoms with van der Waals surface area (Å²) in [5, 5.41) is 2.60. The molecule has 0 radical (unpaired) electrons. The van der Waals surface area contributed by atoms with Gasteiger partial charge in [-0.15, -0.1) is 0 Å². The number of hydrogen-bond donors (Lipinski definition) is 1. The highest BCUT2D eigenvalue weighted by Crippen LogP contribution is 2.33. The second kappa shape index (κ2) is 10.9. The van der Waals surface area contributed by atoms with Crippen LogP contribution in [0.4, 0.5) is 5.69 Å². The largest absolute Gasteiger partial charge is 0.497 e. The summed E-state index contributed by atoms with van der Waals surface area (Å²) in [7, 11) is 3.16. The van der Waals surface area contributed by atoms with Crippen molar-refractivity contribution in [2.45, 2.75) is 13.3 Å². The molecule has 0 bridgehead atoms. The zero-order valence-electron chi connectivity index (χ0n) is 18.6. The third-order valence-corrected chi connectivity index (χ3v) is 4.78. The lowest BCUT2D eigenvalue weighted by molar-refractivity contribution is -0.115. The molecule has 8 heteroatoms. The molecule has 0 unspecified atom stereocenters. The van der Waals surface area contributed by atoms with Gasteiger partial charge in [-0.2, -0.15) is 0 Å². The van der Waals surface area contributed by atoms with Crippen molar-refractivity contribution in [2.24, 2.45) is 0 Å². The Hall–Kier alpha value is -4.20. The maximum atomic E-state index is 12.5. The van der Waals surface area contributed by atoms with Crippen LogP contribution in [0, 0.1) is 0 Å². The number of carbonyl (C=O) groups excluding carboxylic acids is 3. The van der Waals surface area contributed by atoms with Gasteiger partial charge < -0.3 is 19.5 Å². The Morgan fingerprint density at radius 1 is 0.939 bits per heavy atom. The molecule has 0 saturated carbocycles. The molecule has 8 nitrogen and oxygen atoms in total. The first kappa shape index (κ1) is 23.5. The maximum absolute atomic E-state index is 12.5. The van der Waals surface area contributed by atoms with Crippen LogP contribution in [0.1, 0.15) is 34.2 Å². The number of carbonyl (C=O) groups is 3. The highest BCUT2D eigenvalue weighted by atomic mass is 16.5. The lowest BCUT2D eigenvalue weighted by atomic mass is 10.0. The quantitative estimate of drug-likeness (QED) is 0.298. The van der Waals surface area contributed by atoms with Crippen molar-refractivity contribution >= 4 is 23.3 Å². The van der Waals surface area contributed by atoms with E-state index in [1.807, 2.05) is 12.1 Å². The summed E-state index contributed by atoms with van der Waals surface area (Å²) in [6.07, 6.45) is 1.01. The van der Waals surface area contributed by atoms with Crippen LogP contribution in [-0.4, -0.2) is 43.5 Å². The minimum atomic E-state index is -0.540. The molecule has 1 aromatic heterocycles. The van der Waals surface area contributed by atoms with Gasteiger partial charge in [0.1, 0.15) is 17.2 Å². The molecule has 1 N–H and O–H groups in total. The number of esters is 1. The van der Waals surface area contributed by atoms with Gasteiger partial charge in [0.15, 0.2) is 5.78 Å². The Kier molecular flexibility index (Phi) is 7.75. The third-order valence-electron chi connectivity index (χ3n) is 4.78. The monoisotopic (exact) mass is 448 g/mol. The lowest BCUT2D eigenvalue weighted by Gasteiger charge is -2.11.